The normalized spacial score (nSPS) is 12.3. The molecule has 1 rings (SSSR count). The Labute approximate surface area is 101 Å². The van der Waals surface area contributed by atoms with Crippen LogP contribution in [0.1, 0.15) is 17.2 Å². The number of thioether (sulfide) groups is 1. The van der Waals surface area contributed by atoms with Crippen LogP contribution in [0.2, 0.25) is 0 Å². The van der Waals surface area contributed by atoms with Crippen LogP contribution in [0.3, 0.4) is 0 Å². The molecule has 0 aliphatic heterocycles. The molecule has 0 bridgehead atoms. The van der Waals surface area contributed by atoms with E-state index in [1.165, 1.54) is 5.56 Å². The topological polar surface area (TPSA) is 59.1 Å². The first-order valence-corrected chi connectivity index (χ1v) is 6.27. The lowest BCUT2D eigenvalue weighted by atomic mass is 10.1. The standard InChI is InChI=1S/C12H18N2OS/c1-15-7-8-16-11(9-12(13)14)10-5-3-2-4-6-10/h2-6,11H,7-9H2,1H3,(H3,13,14). The van der Waals surface area contributed by atoms with Gasteiger partial charge in [0.2, 0.25) is 0 Å². The summed E-state index contributed by atoms with van der Waals surface area (Å²) in [6.45, 7) is 0.728. The molecule has 1 unspecified atom stereocenters. The quantitative estimate of drug-likeness (QED) is 0.436. The molecule has 16 heavy (non-hydrogen) atoms. The molecule has 0 fully saturated rings. The molecule has 0 aliphatic carbocycles. The first-order valence-electron chi connectivity index (χ1n) is 5.22. The predicted molar refractivity (Wildman–Crippen MR) is 70.0 cm³/mol. The monoisotopic (exact) mass is 238 g/mol. The molecule has 1 aromatic rings. The lowest BCUT2D eigenvalue weighted by molar-refractivity contribution is 0.218. The summed E-state index contributed by atoms with van der Waals surface area (Å²) in [7, 11) is 1.70. The third-order valence-corrected chi connectivity index (χ3v) is 3.43. The van der Waals surface area contributed by atoms with Crippen molar-refractivity contribution in [2.45, 2.75) is 11.7 Å². The average molecular weight is 238 g/mol. The van der Waals surface area contributed by atoms with E-state index in [-0.39, 0.29) is 11.1 Å². The molecular formula is C12H18N2OS. The zero-order chi connectivity index (χ0) is 11.8. The van der Waals surface area contributed by atoms with Crippen LogP contribution >= 0.6 is 11.8 Å². The van der Waals surface area contributed by atoms with E-state index >= 15 is 0 Å². The summed E-state index contributed by atoms with van der Waals surface area (Å²) in [6, 6.07) is 10.2. The Kier molecular flexibility index (Phi) is 5.96. The fraction of sp³-hybridized carbons (Fsp3) is 0.417. The second-order valence-corrected chi connectivity index (χ2v) is 4.80. The number of benzene rings is 1. The van der Waals surface area contributed by atoms with Crippen molar-refractivity contribution in [1.29, 1.82) is 5.41 Å². The van der Waals surface area contributed by atoms with Gasteiger partial charge in [-0.3, -0.25) is 5.41 Å². The fourth-order valence-corrected chi connectivity index (χ4v) is 2.61. The molecule has 0 spiro atoms. The van der Waals surface area contributed by atoms with Gasteiger partial charge in [-0.2, -0.15) is 11.8 Å². The molecule has 0 saturated carbocycles. The molecule has 0 aliphatic rings. The van der Waals surface area contributed by atoms with Gasteiger partial charge < -0.3 is 10.5 Å². The third-order valence-electron chi connectivity index (χ3n) is 2.18. The zero-order valence-electron chi connectivity index (χ0n) is 9.48. The first-order chi connectivity index (χ1) is 7.74. The van der Waals surface area contributed by atoms with E-state index in [4.69, 9.17) is 15.9 Å². The van der Waals surface area contributed by atoms with Gasteiger partial charge >= 0.3 is 0 Å². The largest absolute Gasteiger partial charge is 0.388 e. The maximum absolute atomic E-state index is 7.39. The Morgan fingerprint density at radius 2 is 2.12 bits per heavy atom. The number of nitrogens with one attached hydrogen (secondary N) is 1. The highest BCUT2D eigenvalue weighted by Crippen LogP contribution is 2.31. The summed E-state index contributed by atoms with van der Waals surface area (Å²) in [5.41, 5.74) is 6.69. The summed E-state index contributed by atoms with van der Waals surface area (Å²) < 4.78 is 5.03. The predicted octanol–water partition coefficient (Wildman–Crippen LogP) is 2.43. The molecule has 0 saturated heterocycles. The van der Waals surface area contributed by atoms with Gasteiger partial charge in [0.1, 0.15) is 0 Å². The molecular weight excluding hydrogens is 220 g/mol. The minimum Gasteiger partial charge on any atom is -0.388 e. The summed E-state index contributed by atoms with van der Waals surface area (Å²) in [6.07, 6.45) is 0.596. The van der Waals surface area contributed by atoms with Crippen molar-refractivity contribution in [1.82, 2.24) is 0 Å². The highest BCUT2D eigenvalue weighted by molar-refractivity contribution is 7.99. The van der Waals surface area contributed by atoms with E-state index in [9.17, 15) is 0 Å². The van der Waals surface area contributed by atoms with Crippen molar-refractivity contribution in [3.05, 3.63) is 35.9 Å². The smallest absolute Gasteiger partial charge is 0.0919 e. The summed E-state index contributed by atoms with van der Waals surface area (Å²) in [5, 5.41) is 7.65. The molecule has 0 amide bonds. The Hall–Kier alpha value is -1.00. The van der Waals surface area contributed by atoms with Crippen molar-refractivity contribution in [3.63, 3.8) is 0 Å². The Bertz CT molecular complexity index is 316. The summed E-state index contributed by atoms with van der Waals surface area (Å²) in [5.74, 6) is 1.15. The van der Waals surface area contributed by atoms with Crippen molar-refractivity contribution in [2.24, 2.45) is 5.73 Å². The second-order valence-electron chi connectivity index (χ2n) is 3.49. The number of amidine groups is 1. The SMILES string of the molecule is COCCSC(CC(=N)N)c1ccccc1. The van der Waals surface area contributed by atoms with Crippen molar-refractivity contribution < 1.29 is 4.74 Å². The van der Waals surface area contributed by atoms with Crippen LogP contribution in [0, 0.1) is 5.41 Å². The summed E-state index contributed by atoms with van der Waals surface area (Å²) >= 11 is 1.78. The summed E-state index contributed by atoms with van der Waals surface area (Å²) in [4.78, 5) is 0. The molecule has 88 valence electrons. The minimum atomic E-state index is 0.235. The zero-order valence-corrected chi connectivity index (χ0v) is 10.3. The van der Waals surface area contributed by atoms with E-state index < -0.39 is 0 Å². The third kappa shape index (κ3) is 4.68. The van der Waals surface area contributed by atoms with Crippen LogP contribution in [0.15, 0.2) is 30.3 Å². The number of rotatable bonds is 7. The highest BCUT2D eigenvalue weighted by Gasteiger charge is 2.12. The minimum absolute atomic E-state index is 0.235. The Balaban J connectivity index is 2.60. The Morgan fingerprint density at radius 1 is 1.44 bits per heavy atom. The lowest BCUT2D eigenvalue weighted by Crippen LogP contribution is -2.13. The highest BCUT2D eigenvalue weighted by atomic mass is 32.2. The number of hydrogen-bond donors (Lipinski definition) is 2. The van der Waals surface area contributed by atoms with Crippen LogP contribution in [0.4, 0.5) is 0 Å². The van der Waals surface area contributed by atoms with E-state index in [0.29, 0.717) is 6.42 Å². The van der Waals surface area contributed by atoms with Gasteiger partial charge in [-0.05, 0) is 5.56 Å². The molecule has 1 aromatic carbocycles. The van der Waals surface area contributed by atoms with Crippen molar-refractivity contribution in [2.75, 3.05) is 19.5 Å². The number of nitrogens with two attached hydrogens (primary N) is 1. The van der Waals surface area contributed by atoms with Crippen LogP contribution in [-0.4, -0.2) is 25.3 Å². The lowest BCUT2D eigenvalue weighted by Gasteiger charge is -2.16. The van der Waals surface area contributed by atoms with Gasteiger partial charge in [0, 0.05) is 24.5 Å². The van der Waals surface area contributed by atoms with Crippen LogP contribution in [-0.2, 0) is 4.74 Å². The van der Waals surface area contributed by atoms with E-state index in [1.807, 2.05) is 18.2 Å². The molecule has 0 heterocycles. The number of hydrogen-bond acceptors (Lipinski definition) is 3. The van der Waals surface area contributed by atoms with E-state index in [0.717, 1.165) is 12.4 Å². The maximum Gasteiger partial charge on any atom is 0.0919 e. The average Bonchev–Trinajstić information content (AvgIpc) is 2.29. The van der Waals surface area contributed by atoms with Gasteiger partial charge in [0.05, 0.1) is 12.4 Å². The first kappa shape index (κ1) is 13.1. The Morgan fingerprint density at radius 3 is 2.69 bits per heavy atom. The molecule has 0 radical (unpaired) electrons. The van der Waals surface area contributed by atoms with Gasteiger partial charge in [0.25, 0.3) is 0 Å². The van der Waals surface area contributed by atoms with Crippen molar-refractivity contribution >= 4 is 17.6 Å². The maximum atomic E-state index is 7.39. The number of methoxy groups -OCH3 is 1. The van der Waals surface area contributed by atoms with Gasteiger partial charge in [-0.25, -0.2) is 0 Å². The van der Waals surface area contributed by atoms with Crippen LogP contribution < -0.4 is 5.73 Å². The van der Waals surface area contributed by atoms with Crippen molar-refractivity contribution in [3.8, 4) is 0 Å². The second kappa shape index (κ2) is 7.30. The fourth-order valence-electron chi connectivity index (χ4n) is 1.41. The number of ether oxygens (including phenoxy) is 1. The molecule has 4 heteroatoms. The van der Waals surface area contributed by atoms with Gasteiger partial charge in [0.15, 0.2) is 0 Å². The van der Waals surface area contributed by atoms with E-state index in [2.05, 4.69) is 12.1 Å². The van der Waals surface area contributed by atoms with Gasteiger partial charge in [-0.1, -0.05) is 30.3 Å². The molecule has 1 atom stereocenters. The molecule has 0 aromatic heterocycles. The van der Waals surface area contributed by atoms with E-state index in [1.54, 1.807) is 18.9 Å². The molecule has 3 nitrogen and oxygen atoms in total. The molecule has 3 N–H and O–H groups in total. The van der Waals surface area contributed by atoms with Crippen LogP contribution in [0.25, 0.3) is 0 Å². The van der Waals surface area contributed by atoms with Crippen LogP contribution in [0.5, 0.6) is 0 Å². The van der Waals surface area contributed by atoms with Gasteiger partial charge in [-0.15, -0.1) is 0 Å².